The Hall–Kier alpha value is -2.23. The van der Waals surface area contributed by atoms with E-state index in [9.17, 15) is 4.79 Å². The fourth-order valence-corrected chi connectivity index (χ4v) is 9.31. The Morgan fingerprint density at radius 1 is 1.18 bits per heavy atom. The van der Waals surface area contributed by atoms with Gasteiger partial charge in [-0.05, 0) is 48.1 Å². The third kappa shape index (κ3) is 1.87. The smallest absolute Gasteiger partial charge is 0.252 e. The second-order valence-corrected chi connectivity index (χ2v) is 13.7. The summed E-state index contributed by atoms with van der Waals surface area (Å²) >= 11 is 0. The standard InChI is InChI=1S/C30H38N3O/c1-9-30(10-2)14-17-13-20(26(3,4)5)31-19-11-12-32-23-22(25(34)33(30)24(32)21(17)19)18-15-27(6)16-28(23,7)29(18,27)8/h11-13,18H,9-10,14-16H2,1-8H3/q+1. The van der Waals surface area contributed by atoms with E-state index in [0.717, 1.165) is 48.1 Å². The Labute approximate surface area is 202 Å². The van der Waals surface area contributed by atoms with Crippen molar-refractivity contribution < 1.29 is 4.40 Å². The number of pyridine rings is 2. The molecule has 4 unspecified atom stereocenters. The minimum Gasteiger partial charge on any atom is -0.252 e. The first-order valence-electron chi connectivity index (χ1n) is 13.4. The SMILES string of the molecule is CCC1(CC)Cc2cc(C(C)(C)C)nc3cc[n+]4c5c(c(=O)n1c4c23)C1CC2(C)CC5(C)C12C. The van der Waals surface area contributed by atoms with Crippen molar-refractivity contribution in [1.29, 1.82) is 0 Å². The van der Waals surface area contributed by atoms with Gasteiger partial charge in [-0.1, -0.05) is 55.4 Å². The maximum Gasteiger partial charge on any atom is 0.341 e. The average molecular weight is 457 g/mol. The fourth-order valence-electron chi connectivity index (χ4n) is 9.31. The molecule has 0 bridgehead atoms. The van der Waals surface area contributed by atoms with Gasteiger partial charge in [-0.2, -0.15) is 4.57 Å². The van der Waals surface area contributed by atoms with Crippen molar-refractivity contribution in [3.8, 4) is 0 Å². The van der Waals surface area contributed by atoms with Gasteiger partial charge >= 0.3 is 5.56 Å². The number of rotatable bonds is 2. The van der Waals surface area contributed by atoms with Crippen molar-refractivity contribution in [2.45, 2.75) is 110 Å². The van der Waals surface area contributed by atoms with Crippen molar-refractivity contribution in [2.75, 3.05) is 0 Å². The lowest BCUT2D eigenvalue weighted by atomic mass is 9.28. The largest absolute Gasteiger partial charge is 0.341 e. The topological polar surface area (TPSA) is 39.0 Å². The zero-order chi connectivity index (χ0) is 24.2. The molecule has 4 atom stereocenters. The maximum absolute atomic E-state index is 14.6. The van der Waals surface area contributed by atoms with E-state index < -0.39 is 0 Å². The second-order valence-electron chi connectivity index (χ2n) is 13.7. The number of hydrogen-bond donors (Lipinski definition) is 0. The number of fused-ring (bicyclic) bond motifs is 4. The van der Waals surface area contributed by atoms with E-state index >= 15 is 0 Å². The van der Waals surface area contributed by atoms with Gasteiger partial charge < -0.3 is 0 Å². The molecule has 3 aromatic rings. The fraction of sp³-hybridized carbons (Fsp3) is 0.633. The van der Waals surface area contributed by atoms with Crippen LogP contribution >= 0.6 is 0 Å². The molecule has 0 saturated heterocycles. The Morgan fingerprint density at radius 2 is 1.88 bits per heavy atom. The van der Waals surface area contributed by atoms with E-state index in [-0.39, 0.29) is 21.8 Å². The lowest BCUT2D eigenvalue weighted by Crippen LogP contribution is -2.71. The normalized spacial score (nSPS) is 34.2. The predicted octanol–water partition coefficient (Wildman–Crippen LogP) is 5.68. The van der Waals surface area contributed by atoms with Crippen LogP contribution in [0.2, 0.25) is 0 Å². The molecule has 0 N–H and O–H groups in total. The lowest BCUT2D eigenvalue weighted by molar-refractivity contribution is -0.535. The highest BCUT2D eigenvalue weighted by Crippen LogP contribution is 2.86. The molecule has 4 aliphatic rings. The molecule has 0 radical (unpaired) electrons. The molecule has 3 aliphatic carbocycles. The van der Waals surface area contributed by atoms with E-state index in [2.05, 4.69) is 82.7 Å². The molecule has 4 heteroatoms. The van der Waals surface area contributed by atoms with Crippen molar-refractivity contribution in [1.82, 2.24) is 9.55 Å². The van der Waals surface area contributed by atoms with Crippen molar-refractivity contribution in [3.05, 3.63) is 51.2 Å². The van der Waals surface area contributed by atoms with E-state index in [0.29, 0.717) is 16.9 Å². The van der Waals surface area contributed by atoms with Crippen LogP contribution in [0.15, 0.2) is 23.1 Å². The van der Waals surface area contributed by atoms with E-state index in [1.54, 1.807) is 0 Å². The number of aromatic nitrogens is 3. The highest BCUT2D eigenvalue weighted by Gasteiger charge is 2.83. The van der Waals surface area contributed by atoms with E-state index in [1.807, 2.05) is 0 Å². The van der Waals surface area contributed by atoms with Crippen molar-refractivity contribution >= 4 is 16.6 Å². The van der Waals surface area contributed by atoms with Gasteiger partial charge in [0, 0.05) is 34.9 Å². The maximum atomic E-state index is 14.6. The molecule has 34 heavy (non-hydrogen) atoms. The summed E-state index contributed by atoms with van der Waals surface area (Å²) in [7, 11) is 0. The molecule has 0 spiro atoms. The first-order chi connectivity index (χ1) is 15.9. The molecule has 0 amide bonds. The van der Waals surface area contributed by atoms with Crippen LogP contribution in [0, 0.1) is 10.8 Å². The van der Waals surface area contributed by atoms with Gasteiger partial charge in [0.25, 0.3) is 5.65 Å². The van der Waals surface area contributed by atoms with Crippen molar-refractivity contribution in [2.24, 2.45) is 10.8 Å². The summed E-state index contributed by atoms with van der Waals surface area (Å²) in [4.78, 5) is 19.7. The quantitative estimate of drug-likeness (QED) is 0.368. The third-order valence-electron chi connectivity index (χ3n) is 11.5. The van der Waals surface area contributed by atoms with Crippen LogP contribution in [0.4, 0.5) is 0 Å². The first kappa shape index (κ1) is 21.1. The molecule has 0 aromatic carbocycles. The summed E-state index contributed by atoms with van der Waals surface area (Å²) in [6, 6.07) is 4.56. The summed E-state index contributed by atoms with van der Waals surface area (Å²) in [5.41, 5.74) is 7.80. The van der Waals surface area contributed by atoms with Gasteiger partial charge in [0.1, 0.15) is 11.2 Å². The van der Waals surface area contributed by atoms with Crippen LogP contribution < -0.4 is 9.96 Å². The van der Waals surface area contributed by atoms with E-state index in [4.69, 9.17) is 4.98 Å². The van der Waals surface area contributed by atoms with Crippen LogP contribution in [-0.4, -0.2) is 9.55 Å². The molecular formula is C30H38N3O+. The van der Waals surface area contributed by atoms with Gasteiger partial charge in [0.15, 0.2) is 0 Å². The number of hydrogen-bond acceptors (Lipinski definition) is 2. The van der Waals surface area contributed by atoms with Crippen LogP contribution in [0.3, 0.4) is 0 Å². The van der Waals surface area contributed by atoms with Crippen LogP contribution in [0.25, 0.3) is 16.6 Å². The Kier molecular flexibility index (Phi) is 3.47. The minimum absolute atomic E-state index is 0.0133. The van der Waals surface area contributed by atoms with Gasteiger partial charge in [-0.15, -0.1) is 0 Å². The summed E-state index contributed by atoms with van der Waals surface area (Å²) in [5.74, 6) is 0.393. The van der Waals surface area contributed by atoms with Crippen LogP contribution in [0.1, 0.15) is 110 Å². The molecule has 3 aromatic heterocycles. The molecule has 1 aliphatic heterocycles. The molecule has 4 heterocycles. The molecular weight excluding hydrogens is 418 g/mol. The van der Waals surface area contributed by atoms with Gasteiger partial charge in [0.05, 0.1) is 22.7 Å². The predicted molar refractivity (Wildman–Crippen MR) is 136 cm³/mol. The van der Waals surface area contributed by atoms with Gasteiger partial charge in [-0.3, -0.25) is 4.98 Å². The molecule has 2 fully saturated rings. The average Bonchev–Trinajstić information content (AvgIpc) is 2.86. The highest BCUT2D eigenvalue weighted by atomic mass is 16.1. The van der Waals surface area contributed by atoms with E-state index in [1.165, 1.54) is 23.1 Å². The van der Waals surface area contributed by atoms with Gasteiger partial charge in [-0.25, -0.2) is 9.20 Å². The molecule has 178 valence electrons. The monoisotopic (exact) mass is 456 g/mol. The Balaban J connectivity index is 1.69. The first-order valence-corrected chi connectivity index (χ1v) is 13.4. The summed E-state index contributed by atoms with van der Waals surface area (Å²) in [6.45, 7) is 18.6. The number of nitrogens with zero attached hydrogens (tertiary/aromatic N) is 3. The van der Waals surface area contributed by atoms with Crippen LogP contribution in [-0.2, 0) is 22.8 Å². The molecule has 2 saturated carbocycles. The van der Waals surface area contributed by atoms with Gasteiger partial charge in [0.2, 0.25) is 0 Å². The molecule has 4 nitrogen and oxygen atoms in total. The van der Waals surface area contributed by atoms with Crippen molar-refractivity contribution in [3.63, 3.8) is 0 Å². The highest BCUT2D eigenvalue weighted by molar-refractivity contribution is 5.94. The lowest BCUT2D eigenvalue weighted by Gasteiger charge is -2.74. The molecule has 7 rings (SSSR count). The zero-order valence-electron chi connectivity index (χ0n) is 22.1. The Morgan fingerprint density at radius 3 is 2.50 bits per heavy atom. The summed E-state index contributed by atoms with van der Waals surface area (Å²) < 4.78 is 4.69. The Bertz CT molecular complexity index is 1520. The summed E-state index contributed by atoms with van der Waals surface area (Å²) in [5, 5.41) is 1.20. The zero-order valence-corrected chi connectivity index (χ0v) is 22.1. The van der Waals surface area contributed by atoms with Crippen LogP contribution in [0.5, 0.6) is 0 Å². The summed E-state index contributed by atoms with van der Waals surface area (Å²) in [6.07, 6.45) is 7.41. The minimum atomic E-state index is -0.189. The third-order valence-corrected chi connectivity index (χ3v) is 11.5. The second kappa shape index (κ2) is 5.60.